The fourth-order valence-corrected chi connectivity index (χ4v) is 4.32. The van der Waals surface area contributed by atoms with Crippen molar-refractivity contribution in [3.63, 3.8) is 0 Å². The largest absolute Gasteiger partial charge is 0.364 e. The van der Waals surface area contributed by atoms with Gasteiger partial charge in [0.1, 0.15) is 0 Å². The van der Waals surface area contributed by atoms with Gasteiger partial charge in [-0.05, 0) is 46.4 Å². The maximum Gasteiger partial charge on any atom is 0.364 e. The fourth-order valence-electron chi connectivity index (χ4n) is 3.55. The molecule has 3 rings (SSSR count). The van der Waals surface area contributed by atoms with E-state index in [0.29, 0.717) is 11.1 Å². The van der Waals surface area contributed by atoms with Crippen LogP contribution in [0.4, 0.5) is 11.4 Å². The quantitative estimate of drug-likeness (QED) is 0.287. The molecule has 3 aromatic rings. The molecule has 1 unspecified atom stereocenters. The average Bonchev–Trinajstić information content (AvgIpc) is 2.74. The van der Waals surface area contributed by atoms with Gasteiger partial charge in [0.25, 0.3) is 5.91 Å². The van der Waals surface area contributed by atoms with Crippen molar-refractivity contribution >= 4 is 27.6 Å². The van der Waals surface area contributed by atoms with Crippen LogP contribution in [-0.4, -0.2) is 24.1 Å². The maximum atomic E-state index is 12.5. The van der Waals surface area contributed by atoms with Crippen LogP contribution in [0.2, 0.25) is 0 Å². The van der Waals surface area contributed by atoms with Crippen LogP contribution in [0, 0.1) is 0 Å². The van der Waals surface area contributed by atoms with Crippen LogP contribution in [0.5, 0.6) is 0 Å². The lowest BCUT2D eigenvalue weighted by Gasteiger charge is -2.25. The highest BCUT2D eigenvalue weighted by Gasteiger charge is 2.27. The Balaban J connectivity index is 2.10. The van der Waals surface area contributed by atoms with Crippen molar-refractivity contribution in [2.24, 2.45) is 0 Å². The lowest BCUT2D eigenvalue weighted by atomic mass is 9.87. The van der Waals surface area contributed by atoms with Gasteiger partial charge in [-0.3, -0.25) is 14.6 Å². The molecule has 0 bridgehead atoms. The lowest BCUT2D eigenvalue weighted by molar-refractivity contribution is -0.129. The molecule has 3 N–H and O–H groups in total. The van der Waals surface area contributed by atoms with Crippen LogP contribution >= 0.6 is 0 Å². The number of carbonyl (C=O) groups is 1. The van der Waals surface area contributed by atoms with Gasteiger partial charge in [-0.2, -0.15) is 8.42 Å². The van der Waals surface area contributed by atoms with Gasteiger partial charge in [0, 0.05) is 0 Å². The number of hydroxylamine groups is 1. The molecule has 32 heavy (non-hydrogen) atoms. The van der Waals surface area contributed by atoms with Gasteiger partial charge in [-0.1, -0.05) is 75.4 Å². The number of carbonyl (C=O) groups excluding carboxylic acids is 1. The van der Waals surface area contributed by atoms with Crippen LogP contribution in [0.3, 0.4) is 0 Å². The van der Waals surface area contributed by atoms with Gasteiger partial charge >= 0.3 is 10.3 Å². The Hall–Kier alpha value is -3.20. The third kappa shape index (κ3) is 5.16. The number of hydrogen-bond acceptors (Lipinski definition) is 4. The number of nitrogens with zero attached hydrogens (tertiary/aromatic N) is 1. The molecule has 0 aromatic heterocycles. The van der Waals surface area contributed by atoms with Gasteiger partial charge < -0.3 is 0 Å². The molecular formula is C24H26N2O5S. The first kappa shape index (κ1) is 23.5. The molecule has 0 aliphatic rings. The summed E-state index contributed by atoms with van der Waals surface area (Å²) >= 11 is 0. The van der Waals surface area contributed by atoms with E-state index in [1.807, 2.05) is 32.9 Å². The molecule has 1 amide bonds. The molecular weight excluding hydrogens is 428 g/mol. The Morgan fingerprint density at radius 3 is 2.00 bits per heavy atom. The first-order valence-electron chi connectivity index (χ1n) is 9.99. The van der Waals surface area contributed by atoms with E-state index in [1.165, 1.54) is 12.1 Å². The Morgan fingerprint density at radius 1 is 0.875 bits per heavy atom. The lowest BCUT2D eigenvalue weighted by Crippen LogP contribution is -2.28. The van der Waals surface area contributed by atoms with E-state index < -0.39 is 22.1 Å². The monoisotopic (exact) mass is 454 g/mol. The number of anilines is 2. The van der Waals surface area contributed by atoms with Crippen LogP contribution in [0.15, 0.2) is 78.9 Å². The van der Waals surface area contributed by atoms with Gasteiger partial charge in [0.15, 0.2) is 0 Å². The van der Waals surface area contributed by atoms with E-state index >= 15 is 0 Å². The van der Waals surface area contributed by atoms with Gasteiger partial charge in [-0.25, -0.2) is 9.79 Å². The highest BCUT2D eigenvalue weighted by molar-refractivity contribution is 7.87. The molecule has 0 radical (unpaired) electrons. The second-order valence-corrected chi connectivity index (χ2v) is 9.71. The smallest absolute Gasteiger partial charge is 0.289 e. The van der Waals surface area contributed by atoms with E-state index in [1.54, 1.807) is 60.1 Å². The van der Waals surface area contributed by atoms with Crippen molar-refractivity contribution in [2.45, 2.75) is 32.1 Å². The SMILES string of the molecule is CC(C)(C)c1ccc(N(c2cccc(C(C(=O)NO)c3ccccc3)c2)S(=O)(=O)O)cc1. The van der Waals surface area contributed by atoms with Crippen LogP contribution < -0.4 is 9.79 Å². The van der Waals surface area contributed by atoms with E-state index in [-0.39, 0.29) is 16.8 Å². The number of nitrogens with one attached hydrogen (secondary N) is 1. The molecule has 0 heterocycles. The molecule has 0 spiro atoms. The van der Waals surface area contributed by atoms with E-state index in [4.69, 9.17) is 0 Å². The summed E-state index contributed by atoms with van der Waals surface area (Å²) < 4.78 is 35.4. The zero-order valence-corrected chi connectivity index (χ0v) is 18.9. The zero-order valence-electron chi connectivity index (χ0n) is 18.1. The molecule has 7 nitrogen and oxygen atoms in total. The fraction of sp³-hybridized carbons (Fsp3) is 0.208. The van der Waals surface area contributed by atoms with Crippen LogP contribution in [0.1, 0.15) is 43.4 Å². The summed E-state index contributed by atoms with van der Waals surface area (Å²) in [7, 11) is -4.67. The second-order valence-electron chi connectivity index (χ2n) is 8.45. The standard InChI is InChI=1S/C24H26N2O5S/c1-24(2,3)19-12-14-20(15-13-19)26(32(29,30)31)21-11-7-10-18(16-21)22(23(27)25-28)17-8-5-4-6-9-17/h4-16,22,28H,1-3H3,(H,25,27)(H,29,30,31). The van der Waals surface area contributed by atoms with E-state index in [9.17, 15) is 23.0 Å². The Kier molecular flexibility index (Phi) is 6.68. The second kappa shape index (κ2) is 9.12. The van der Waals surface area contributed by atoms with Crippen molar-refractivity contribution in [1.82, 2.24) is 5.48 Å². The van der Waals surface area contributed by atoms with E-state index in [2.05, 4.69) is 0 Å². The highest BCUT2D eigenvalue weighted by atomic mass is 32.2. The molecule has 3 aromatic carbocycles. The van der Waals surface area contributed by atoms with Gasteiger partial charge in [0.2, 0.25) is 0 Å². The van der Waals surface area contributed by atoms with Crippen LogP contribution in [-0.2, 0) is 20.5 Å². The summed E-state index contributed by atoms with van der Waals surface area (Å²) in [5.74, 6) is -1.55. The van der Waals surface area contributed by atoms with Gasteiger partial charge in [0.05, 0.1) is 17.3 Å². The highest BCUT2D eigenvalue weighted by Crippen LogP contribution is 2.34. The summed E-state index contributed by atoms with van der Waals surface area (Å²) in [4.78, 5) is 12.5. The van der Waals surface area contributed by atoms with Crippen LogP contribution in [0.25, 0.3) is 0 Å². The van der Waals surface area contributed by atoms with Crippen molar-refractivity contribution in [3.8, 4) is 0 Å². The molecule has 168 valence electrons. The molecule has 0 saturated carbocycles. The summed E-state index contributed by atoms with van der Waals surface area (Å²) in [6.07, 6.45) is 0. The number of benzene rings is 3. The average molecular weight is 455 g/mol. The molecule has 0 aliphatic carbocycles. The van der Waals surface area contributed by atoms with Crippen molar-refractivity contribution in [1.29, 1.82) is 0 Å². The first-order chi connectivity index (χ1) is 15.0. The summed E-state index contributed by atoms with van der Waals surface area (Å²) in [6, 6.07) is 21.9. The number of hydrogen-bond donors (Lipinski definition) is 3. The van der Waals surface area contributed by atoms with Crippen molar-refractivity contribution in [2.75, 3.05) is 4.31 Å². The Morgan fingerprint density at radius 2 is 1.47 bits per heavy atom. The Bertz CT molecular complexity index is 1190. The zero-order chi connectivity index (χ0) is 23.5. The summed E-state index contributed by atoms with van der Waals surface area (Å²) in [6.45, 7) is 6.13. The third-order valence-electron chi connectivity index (χ3n) is 5.14. The van der Waals surface area contributed by atoms with E-state index in [0.717, 1.165) is 9.87 Å². The van der Waals surface area contributed by atoms with Gasteiger partial charge in [-0.15, -0.1) is 0 Å². The molecule has 8 heteroatoms. The third-order valence-corrected chi connectivity index (χ3v) is 6.02. The molecule has 0 aliphatic heterocycles. The summed E-state index contributed by atoms with van der Waals surface area (Å²) in [5, 5.41) is 9.26. The number of rotatable bonds is 6. The van der Waals surface area contributed by atoms with Crippen molar-refractivity contribution in [3.05, 3.63) is 95.6 Å². The maximum absolute atomic E-state index is 12.5. The number of amides is 1. The topological polar surface area (TPSA) is 107 Å². The predicted octanol–water partition coefficient (Wildman–Crippen LogP) is 4.56. The molecule has 1 atom stereocenters. The minimum atomic E-state index is -4.67. The minimum absolute atomic E-state index is 0.123. The van der Waals surface area contributed by atoms with Crippen molar-refractivity contribution < 1.29 is 23.0 Å². The first-order valence-corrected chi connectivity index (χ1v) is 11.4. The minimum Gasteiger partial charge on any atom is -0.289 e. The summed E-state index contributed by atoms with van der Waals surface area (Å²) in [5.41, 5.74) is 4.02. The predicted molar refractivity (Wildman–Crippen MR) is 123 cm³/mol. The normalized spacial score (nSPS) is 12.8. The molecule has 0 saturated heterocycles. The Labute approximate surface area is 188 Å². The molecule has 0 fully saturated rings.